The Kier molecular flexibility index (Phi) is 5.95. The second-order valence-electron chi connectivity index (χ2n) is 7.01. The molecule has 0 amide bonds. The predicted octanol–water partition coefficient (Wildman–Crippen LogP) is 3.82. The van der Waals surface area contributed by atoms with E-state index in [9.17, 15) is 13.2 Å². The number of nitrogens with one attached hydrogen (secondary N) is 1. The molecule has 0 aromatic rings. The molecule has 0 aromatic carbocycles. The lowest BCUT2D eigenvalue weighted by molar-refractivity contribution is -0.127. The maximum absolute atomic E-state index is 12.4. The van der Waals surface area contributed by atoms with Crippen LogP contribution in [0.4, 0.5) is 13.2 Å². The van der Waals surface area contributed by atoms with Gasteiger partial charge in [-0.15, -0.1) is 0 Å². The number of halogens is 3. The number of alkyl halides is 3. The van der Waals surface area contributed by atoms with E-state index in [2.05, 4.69) is 24.1 Å². The van der Waals surface area contributed by atoms with E-state index < -0.39 is 12.7 Å². The highest BCUT2D eigenvalue weighted by Gasteiger charge is 2.38. The standard InChI is InChI=1S/C16H29F3N2/c1-3-4-5-13-8-14(20-11-16(17,18)19)10-21(9-13)15-7-6-12(15)2/h12-15,20H,3-11H2,1-2H3. The molecule has 1 N–H and O–H groups in total. The van der Waals surface area contributed by atoms with Crippen molar-refractivity contribution in [3.05, 3.63) is 0 Å². The fraction of sp³-hybridized carbons (Fsp3) is 1.00. The van der Waals surface area contributed by atoms with E-state index >= 15 is 0 Å². The molecular weight excluding hydrogens is 277 g/mol. The predicted molar refractivity (Wildman–Crippen MR) is 79.2 cm³/mol. The van der Waals surface area contributed by atoms with Crippen molar-refractivity contribution < 1.29 is 13.2 Å². The minimum Gasteiger partial charge on any atom is -0.305 e. The van der Waals surface area contributed by atoms with Crippen LogP contribution in [0.2, 0.25) is 0 Å². The van der Waals surface area contributed by atoms with E-state index in [1.54, 1.807) is 0 Å². The summed E-state index contributed by atoms with van der Waals surface area (Å²) in [6.07, 6.45) is 2.77. The Bertz CT molecular complexity index is 319. The van der Waals surface area contributed by atoms with E-state index in [-0.39, 0.29) is 6.04 Å². The Morgan fingerprint density at radius 3 is 2.48 bits per heavy atom. The number of likely N-dealkylation sites (tertiary alicyclic amines) is 1. The molecule has 2 fully saturated rings. The van der Waals surface area contributed by atoms with Crippen LogP contribution in [-0.2, 0) is 0 Å². The third-order valence-electron chi connectivity index (χ3n) is 5.17. The van der Waals surface area contributed by atoms with Gasteiger partial charge in [0.2, 0.25) is 0 Å². The highest BCUT2D eigenvalue weighted by atomic mass is 19.4. The average Bonchev–Trinajstić information content (AvgIpc) is 2.40. The zero-order valence-electron chi connectivity index (χ0n) is 13.3. The smallest absolute Gasteiger partial charge is 0.305 e. The third kappa shape index (κ3) is 5.13. The summed E-state index contributed by atoms with van der Waals surface area (Å²) < 4.78 is 37.3. The van der Waals surface area contributed by atoms with E-state index in [0.717, 1.165) is 32.4 Å². The van der Waals surface area contributed by atoms with Gasteiger partial charge in [0, 0.05) is 25.2 Å². The summed E-state index contributed by atoms with van der Waals surface area (Å²) in [5, 5.41) is 2.75. The van der Waals surface area contributed by atoms with Crippen LogP contribution in [0.5, 0.6) is 0 Å². The first-order chi connectivity index (χ1) is 9.89. The largest absolute Gasteiger partial charge is 0.401 e. The van der Waals surface area contributed by atoms with Crippen LogP contribution in [-0.4, -0.2) is 42.8 Å². The van der Waals surface area contributed by atoms with Gasteiger partial charge in [-0.05, 0) is 37.5 Å². The molecule has 1 saturated carbocycles. The maximum atomic E-state index is 12.4. The van der Waals surface area contributed by atoms with Crippen LogP contribution in [0, 0.1) is 11.8 Å². The minimum atomic E-state index is -4.11. The minimum absolute atomic E-state index is 0.00460. The van der Waals surface area contributed by atoms with E-state index in [4.69, 9.17) is 0 Å². The number of rotatable bonds is 6. The van der Waals surface area contributed by atoms with Crippen molar-refractivity contribution >= 4 is 0 Å². The molecule has 0 bridgehead atoms. The molecule has 2 nitrogen and oxygen atoms in total. The van der Waals surface area contributed by atoms with Gasteiger partial charge in [0.1, 0.15) is 0 Å². The Morgan fingerprint density at radius 2 is 1.95 bits per heavy atom. The van der Waals surface area contributed by atoms with E-state index in [1.165, 1.54) is 19.3 Å². The van der Waals surface area contributed by atoms with Crippen molar-refractivity contribution in [2.24, 2.45) is 11.8 Å². The van der Waals surface area contributed by atoms with Gasteiger partial charge >= 0.3 is 6.18 Å². The van der Waals surface area contributed by atoms with Crippen molar-refractivity contribution in [3.8, 4) is 0 Å². The van der Waals surface area contributed by atoms with Crippen molar-refractivity contribution in [3.63, 3.8) is 0 Å². The molecule has 0 radical (unpaired) electrons. The molecule has 1 heterocycles. The number of unbranched alkanes of at least 4 members (excludes halogenated alkanes) is 1. The molecule has 1 aliphatic carbocycles. The number of hydrogen-bond acceptors (Lipinski definition) is 2. The second-order valence-corrected chi connectivity index (χ2v) is 7.01. The molecule has 5 heteroatoms. The van der Waals surface area contributed by atoms with Crippen molar-refractivity contribution in [2.75, 3.05) is 19.6 Å². The van der Waals surface area contributed by atoms with Gasteiger partial charge in [0.05, 0.1) is 6.54 Å². The van der Waals surface area contributed by atoms with Gasteiger partial charge in [0.25, 0.3) is 0 Å². The van der Waals surface area contributed by atoms with Gasteiger partial charge in [-0.2, -0.15) is 13.2 Å². The zero-order chi connectivity index (χ0) is 15.5. The first-order valence-electron chi connectivity index (χ1n) is 8.43. The third-order valence-corrected chi connectivity index (χ3v) is 5.17. The zero-order valence-corrected chi connectivity index (χ0v) is 13.3. The quantitative estimate of drug-likeness (QED) is 0.802. The summed E-state index contributed by atoms with van der Waals surface area (Å²) in [4.78, 5) is 2.46. The van der Waals surface area contributed by atoms with Crippen LogP contribution in [0.25, 0.3) is 0 Å². The second kappa shape index (κ2) is 7.32. The number of hydrogen-bond donors (Lipinski definition) is 1. The normalized spacial score (nSPS) is 34.7. The Balaban J connectivity index is 1.89. The first-order valence-corrected chi connectivity index (χ1v) is 8.43. The Morgan fingerprint density at radius 1 is 1.19 bits per heavy atom. The lowest BCUT2D eigenvalue weighted by Gasteiger charge is -2.48. The molecule has 4 atom stereocenters. The van der Waals surface area contributed by atoms with E-state index in [1.807, 2.05) is 0 Å². The summed E-state index contributed by atoms with van der Waals surface area (Å²) >= 11 is 0. The van der Waals surface area contributed by atoms with Crippen LogP contribution < -0.4 is 5.32 Å². The highest BCUT2D eigenvalue weighted by molar-refractivity contribution is 4.93. The molecule has 21 heavy (non-hydrogen) atoms. The Labute approximate surface area is 126 Å². The summed E-state index contributed by atoms with van der Waals surface area (Å²) in [6.45, 7) is 5.45. The SMILES string of the molecule is CCCCC1CC(NCC(F)(F)F)CN(C2CCC2C)C1. The topological polar surface area (TPSA) is 15.3 Å². The van der Waals surface area contributed by atoms with Gasteiger partial charge in [-0.3, -0.25) is 4.90 Å². The van der Waals surface area contributed by atoms with Crippen molar-refractivity contribution in [2.45, 2.75) is 70.6 Å². The van der Waals surface area contributed by atoms with Crippen molar-refractivity contribution in [1.82, 2.24) is 10.2 Å². The lowest BCUT2D eigenvalue weighted by atomic mass is 9.77. The average molecular weight is 306 g/mol. The summed E-state index contributed by atoms with van der Waals surface area (Å²) in [5.74, 6) is 1.26. The molecule has 124 valence electrons. The molecule has 2 rings (SSSR count). The molecule has 4 unspecified atom stereocenters. The fourth-order valence-corrected chi connectivity index (χ4v) is 3.81. The van der Waals surface area contributed by atoms with Crippen LogP contribution >= 0.6 is 0 Å². The highest BCUT2D eigenvalue weighted by Crippen LogP contribution is 2.35. The molecule has 2 aliphatic rings. The van der Waals surface area contributed by atoms with Gasteiger partial charge in [-0.25, -0.2) is 0 Å². The van der Waals surface area contributed by atoms with Crippen LogP contribution in [0.3, 0.4) is 0 Å². The molecule has 0 aromatic heterocycles. The van der Waals surface area contributed by atoms with Crippen molar-refractivity contribution in [1.29, 1.82) is 0 Å². The summed E-state index contributed by atoms with van der Waals surface area (Å²) in [5.41, 5.74) is 0. The number of piperidine rings is 1. The lowest BCUT2D eigenvalue weighted by Crippen LogP contribution is -2.57. The monoisotopic (exact) mass is 306 g/mol. The van der Waals surface area contributed by atoms with Gasteiger partial charge < -0.3 is 5.32 Å². The number of nitrogens with zero attached hydrogens (tertiary/aromatic N) is 1. The fourth-order valence-electron chi connectivity index (χ4n) is 3.81. The summed E-state index contributed by atoms with van der Waals surface area (Å²) in [6, 6.07) is 0.597. The molecule has 1 aliphatic heterocycles. The molecule has 0 spiro atoms. The van der Waals surface area contributed by atoms with Gasteiger partial charge in [0.15, 0.2) is 0 Å². The maximum Gasteiger partial charge on any atom is 0.401 e. The molecular formula is C16H29F3N2. The Hall–Kier alpha value is -0.290. The first kappa shape index (κ1) is 17.1. The van der Waals surface area contributed by atoms with Crippen LogP contribution in [0.15, 0.2) is 0 Å². The molecule has 1 saturated heterocycles. The van der Waals surface area contributed by atoms with E-state index in [0.29, 0.717) is 17.9 Å². The summed E-state index contributed by atoms with van der Waals surface area (Å²) in [7, 11) is 0. The van der Waals surface area contributed by atoms with Crippen LogP contribution in [0.1, 0.15) is 52.4 Å². The van der Waals surface area contributed by atoms with Gasteiger partial charge in [-0.1, -0.05) is 26.7 Å².